The number of aliphatic hydroxyl groups is 3. The van der Waals surface area contributed by atoms with Crippen LogP contribution < -0.4 is 0 Å². The van der Waals surface area contributed by atoms with E-state index in [1.54, 1.807) is 0 Å². The van der Waals surface area contributed by atoms with Gasteiger partial charge in [0.1, 0.15) is 0 Å². The van der Waals surface area contributed by atoms with Gasteiger partial charge in [-0.15, -0.1) is 0 Å². The van der Waals surface area contributed by atoms with Gasteiger partial charge >= 0.3 is 158 Å². The number of halogens is 45. The fraction of sp³-hybridized carbons (Fsp3) is 1.00. The second-order valence-electron chi connectivity index (χ2n) is 22.2. The molecule has 3 atom stereocenters. The quantitative estimate of drug-likeness (QED) is 0.169. The smallest absolute Gasteiger partial charge is 0.339 e. The van der Waals surface area contributed by atoms with Crippen molar-refractivity contribution in [3.05, 3.63) is 0 Å². The van der Waals surface area contributed by atoms with Crippen LogP contribution in [0.1, 0.15) is 6.92 Å². The third kappa shape index (κ3) is 4.54. The molecular weight excluding hydrogens is 1410 g/mol. The van der Waals surface area contributed by atoms with Gasteiger partial charge in [-0.1, -0.05) is 6.92 Å². The molecule has 0 amide bonds. The van der Waals surface area contributed by atoms with Crippen LogP contribution >= 0.6 is 0 Å². The summed E-state index contributed by atoms with van der Waals surface area (Å²) in [5.74, 6) is -161. The van der Waals surface area contributed by atoms with Crippen molar-refractivity contribution in [3.8, 4) is 0 Å². The minimum absolute atomic E-state index is 1.47. The lowest BCUT2D eigenvalue weighted by atomic mass is 9.40. The molecule has 0 heterocycles. The predicted molar refractivity (Wildman–Crippen MR) is 176 cm³/mol. The van der Waals surface area contributed by atoms with Crippen LogP contribution in [0.4, 0.5) is 198 Å². The highest BCUT2D eigenvalue weighted by atomic mass is 19.4. The van der Waals surface area contributed by atoms with Crippen LogP contribution in [-0.4, -0.2) is 228 Å². The van der Waals surface area contributed by atoms with E-state index in [2.05, 4.69) is 14.2 Å². The summed E-state index contributed by atoms with van der Waals surface area (Å²) in [6.07, 6.45) is -16.7. The van der Waals surface area contributed by atoms with Crippen LogP contribution in [0.15, 0.2) is 0 Å². The Morgan fingerprint density at radius 2 is 0.292 bits per heavy atom. The van der Waals surface area contributed by atoms with Gasteiger partial charge in [0.15, 0.2) is 0 Å². The number of aliphatic hydroxyl groups excluding tert-OH is 3. The highest BCUT2D eigenvalue weighted by molar-refractivity contribution is 5.58. The summed E-state index contributed by atoms with van der Waals surface area (Å²) in [6.45, 7) is -15.3. The molecule has 12 bridgehead atoms. The Labute approximate surface area is 452 Å². The fourth-order valence-corrected chi connectivity index (χ4v) is 14.0. The average molecular weight is 1420 g/mol. The van der Waals surface area contributed by atoms with E-state index >= 15 is 198 Å². The maximum absolute atomic E-state index is 15.9. The molecule has 12 aliphatic carbocycles. The number of hydrogen-bond acceptors (Lipinski definition) is 6. The third-order valence-corrected chi connectivity index (χ3v) is 19.2. The molecular formula is C38H15F45O6. The van der Waals surface area contributed by atoms with Crippen molar-refractivity contribution in [1.29, 1.82) is 0 Å². The summed E-state index contributed by atoms with van der Waals surface area (Å²) in [7, 11) is 0. The first-order valence-electron chi connectivity index (χ1n) is 22.3. The third-order valence-electron chi connectivity index (χ3n) is 19.2. The minimum atomic E-state index is -9.01. The van der Waals surface area contributed by atoms with E-state index in [1.165, 1.54) is 0 Å². The number of rotatable bonds is 12. The zero-order chi connectivity index (χ0) is 70.5. The Balaban J connectivity index is 1.26. The lowest BCUT2D eigenvalue weighted by molar-refractivity contribution is -0.619. The van der Waals surface area contributed by atoms with Gasteiger partial charge in [0.05, 0.1) is 43.5 Å². The van der Waals surface area contributed by atoms with E-state index in [-0.39, 0.29) is 0 Å². The molecule has 0 aliphatic heterocycles. The Morgan fingerprint density at radius 1 is 0.202 bits per heavy atom. The molecule has 0 spiro atoms. The van der Waals surface area contributed by atoms with E-state index in [4.69, 9.17) is 0 Å². The molecule has 0 radical (unpaired) electrons. The Bertz CT molecular complexity index is 2440. The van der Waals surface area contributed by atoms with Crippen molar-refractivity contribution in [2.75, 3.05) is 19.8 Å². The van der Waals surface area contributed by atoms with Crippen molar-refractivity contribution in [3.63, 3.8) is 0 Å². The Morgan fingerprint density at radius 3 is 0.382 bits per heavy atom. The molecule has 0 aromatic rings. The zero-order valence-electron chi connectivity index (χ0n) is 39.9. The molecule has 518 valence electrons. The molecule has 3 unspecified atom stereocenters. The van der Waals surface area contributed by atoms with Crippen molar-refractivity contribution in [2.45, 2.75) is 200 Å². The number of hydrogen-bond donors (Lipinski definition) is 3. The van der Waals surface area contributed by atoms with Gasteiger partial charge in [0, 0.05) is 0 Å². The van der Waals surface area contributed by atoms with Crippen LogP contribution in [0, 0.1) is 5.41 Å². The van der Waals surface area contributed by atoms with Crippen molar-refractivity contribution < 1.29 is 227 Å². The van der Waals surface area contributed by atoms with Crippen molar-refractivity contribution >= 4 is 0 Å². The van der Waals surface area contributed by atoms with Crippen LogP contribution in [0.25, 0.3) is 0 Å². The van der Waals surface area contributed by atoms with Crippen molar-refractivity contribution in [2.24, 2.45) is 5.41 Å². The number of ether oxygens (including phenoxy) is 3. The summed E-state index contributed by atoms with van der Waals surface area (Å²) < 4.78 is 710. The molecule has 12 rings (SSSR count). The van der Waals surface area contributed by atoms with Gasteiger partial charge in [0.25, 0.3) is 16.8 Å². The topological polar surface area (TPSA) is 88.4 Å². The largest absolute Gasteiger partial charge is 0.390 e. The van der Waals surface area contributed by atoms with Crippen LogP contribution in [0.2, 0.25) is 0 Å². The fourth-order valence-electron chi connectivity index (χ4n) is 14.0. The normalized spacial score (nSPS) is 50.7. The van der Waals surface area contributed by atoms with Crippen molar-refractivity contribution in [1.82, 2.24) is 0 Å². The molecule has 12 saturated carbocycles. The minimum Gasteiger partial charge on any atom is -0.390 e. The van der Waals surface area contributed by atoms with E-state index in [9.17, 15) is 15.3 Å². The first-order chi connectivity index (χ1) is 38.4. The SMILES string of the molecule is CC(C(O)COC12C(F)(F)C3(F)C(F)(F)C(F)(C(F)(F)C(F)(C3(F)F)C1(F)F)C2(F)F)(C(O)COC12C(F)(F)C3(F)C(F)(F)C(F)(C(F)(F)C(F)(C3(F)F)C1(F)F)C2(F)F)C(O)COC12C(F)(F)C3(F)C(F)(F)C(F)(C(F)(F)C(F)(C3(F)F)C1(F)F)C2(F)F. The summed E-state index contributed by atoms with van der Waals surface area (Å²) in [5, 5.41) is 32.9. The van der Waals surface area contributed by atoms with Gasteiger partial charge < -0.3 is 29.5 Å². The lowest BCUT2D eigenvalue weighted by Gasteiger charge is -2.74. The van der Waals surface area contributed by atoms with Gasteiger partial charge in [0.2, 0.25) is 0 Å². The first-order valence-corrected chi connectivity index (χ1v) is 22.3. The van der Waals surface area contributed by atoms with E-state index in [0.717, 1.165) is 0 Å². The molecule has 89 heavy (non-hydrogen) atoms. The number of alkyl halides is 45. The molecule has 0 saturated heterocycles. The van der Waals surface area contributed by atoms with E-state index < -0.39 is 225 Å². The summed E-state index contributed by atoms with van der Waals surface area (Å²) in [4.78, 5) is 0. The molecule has 12 fully saturated rings. The standard InChI is InChI=1S/C38H15F45O6/c1-8(5(84)2-87-18-30(66,67)9(39)21(48,49)10(40,31(18,68)69)23(52,53)11(41,22(9,50)51)32(18,70)71,6(85)3-88-19-33(72,73)12(42)24(54,55)13(43,34(19,74)75)26(58,59)14(44,25(12,56)57)35(19,76)77)7(86)4-89-20-36(78,79)15(45)27(60,61)16(46,37(20,80)81)29(64,65)17(47,28(15,62)63)38(20,82)83/h5-7,84-86H,2-4H2,1H3. The summed E-state index contributed by atoms with van der Waals surface area (Å²) in [5.41, 5.74) is -112. The van der Waals surface area contributed by atoms with Crippen LogP contribution in [0.5, 0.6) is 0 Å². The van der Waals surface area contributed by atoms with Gasteiger partial charge in [-0.3, -0.25) is 0 Å². The van der Waals surface area contributed by atoms with Crippen LogP contribution in [-0.2, 0) is 14.2 Å². The maximum Gasteiger partial charge on any atom is 0.339 e. The zero-order valence-corrected chi connectivity index (χ0v) is 39.9. The molecule has 12 aliphatic rings. The molecule has 0 aromatic heterocycles. The molecule has 0 aromatic carbocycles. The second kappa shape index (κ2) is 15.1. The second-order valence-corrected chi connectivity index (χ2v) is 22.2. The summed E-state index contributed by atoms with van der Waals surface area (Å²) >= 11 is 0. The molecule has 51 heteroatoms. The predicted octanol–water partition coefficient (Wildman–Crippen LogP) is 11.3. The maximum atomic E-state index is 15.9. The highest BCUT2D eigenvalue weighted by Crippen LogP contribution is 2.93. The molecule has 6 nitrogen and oxygen atoms in total. The summed E-state index contributed by atoms with van der Waals surface area (Å²) in [6, 6.07) is 0. The first kappa shape index (κ1) is 69.9. The van der Waals surface area contributed by atoms with Crippen LogP contribution in [0.3, 0.4) is 0 Å². The van der Waals surface area contributed by atoms with E-state index in [1.807, 2.05) is 0 Å². The van der Waals surface area contributed by atoms with Gasteiger partial charge in [-0.05, 0) is 0 Å². The van der Waals surface area contributed by atoms with Gasteiger partial charge in [-0.25, -0.2) is 39.5 Å². The van der Waals surface area contributed by atoms with Gasteiger partial charge in [-0.2, -0.15) is 158 Å². The highest BCUT2D eigenvalue weighted by Gasteiger charge is 3.27. The average Bonchev–Trinajstić information content (AvgIpc) is 0.608. The van der Waals surface area contributed by atoms with E-state index in [0.29, 0.717) is 0 Å². The Hall–Kier alpha value is -3.39. The monoisotopic (exact) mass is 1420 g/mol. The molecule has 3 N–H and O–H groups in total. The lowest BCUT2D eigenvalue weighted by Crippen LogP contribution is -3.10. The Kier molecular flexibility index (Phi) is 11.9.